The summed E-state index contributed by atoms with van der Waals surface area (Å²) in [5, 5.41) is 17.4. The largest absolute Gasteiger partial charge is 0.480 e. The van der Waals surface area contributed by atoms with E-state index in [1.165, 1.54) is 0 Å². The van der Waals surface area contributed by atoms with Crippen molar-refractivity contribution in [1.82, 2.24) is 16.0 Å². The highest BCUT2D eigenvalue weighted by Crippen LogP contribution is 2.12. The monoisotopic (exact) mass is 475 g/mol. The first-order valence-corrected chi connectivity index (χ1v) is 11.9. The fourth-order valence-corrected chi connectivity index (χ4v) is 3.17. The average molecular weight is 476 g/mol. The van der Waals surface area contributed by atoms with Crippen molar-refractivity contribution in [3.05, 3.63) is 0 Å². The minimum atomic E-state index is -1.13. The second-order valence-electron chi connectivity index (χ2n) is 8.22. The Hall–Kier alpha value is -1.85. The fraction of sp³-hybridized carbons (Fsp3) is 0.810. The van der Waals surface area contributed by atoms with Crippen LogP contribution in [0.15, 0.2) is 0 Å². The Morgan fingerprint density at radius 3 is 1.88 bits per heavy atom. The summed E-state index contributed by atoms with van der Waals surface area (Å²) in [5.41, 5.74) is 11.3. The molecule has 0 heterocycles. The molecule has 8 N–H and O–H groups in total. The van der Waals surface area contributed by atoms with Crippen molar-refractivity contribution in [1.29, 1.82) is 0 Å². The van der Waals surface area contributed by atoms with Crippen LogP contribution >= 0.6 is 12.6 Å². The second-order valence-corrected chi connectivity index (χ2v) is 8.58. The lowest BCUT2D eigenvalue weighted by Gasteiger charge is -2.28. The lowest BCUT2D eigenvalue weighted by atomic mass is 9.96. The van der Waals surface area contributed by atoms with Crippen LogP contribution < -0.4 is 27.4 Å². The van der Waals surface area contributed by atoms with Gasteiger partial charge in [-0.1, -0.05) is 40.5 Å². The molecule has 0 fully saturated rings. The molecule has 0 aromatic carbocycles. The Kier molecular flexibility index (Phi) is 15.0. The van der Waals surface area contributed by atoms with Crippen molar-refractivity contribution >= 4 is 36.3 Å². The smallest absolute Gasteiger partial charge is 0.326 e. The Morgan fingerprint density at radius 1 is 0.875 bits per heavy atom. The van der Waals surface area contributed by atoms with Gasteiger partial charge in [0, 0.05) is 5.75 Å². The van der Waals surface area contributed by atoms with Gasteiger partial charge in [-0.25, -0.2) is 4.79 Å². The van der Waals surface area contributed by atoms with E-state index in [0.29, 0.717) is 38.6 Å². The third kappa shape index (κ3) is 10.2. The zero-order valence-electron chi connectivity index (χ0n) is 19.6. The van der Waals surface area contributed by atoms with Crippen molar-refractivity contribution in [2.45, 2.75) is 84.0 Å². The van der Waals surface area contributed by atoms with E-state index in [2.05, 4.69) is 28.6 Å². The Morgan fingerprint density at radius 2 is 1.41 bits per heavy atom. The Labute approximate surface area is 196 Å². The molecule has 0 spiro atoms. The van der Waals surface area contributed by atoms with Crippen LogP contribution in [0.3, 0.4) is 0 Å². The van der Waals surface area contributed by atoms with E-state index in [0.717, 1.165) is 0 Å². The number of aliphatic carboxylic acids is 1. The lowest BCUT2D eigenvalue weighted by Crippen LogP contribution is -2.59. The summed E-state index contributed by atoms with van der Waals surface area (Å²) in [4.78, 5) is 49.8. The SMILES string of the molecule is CCC(C)C(NC(=O)C(CCCCN)NC(=O)C(NC(=O)C(N)CS)C(C)CC)C(=O)O. The number of thiol groups is 1. The van der Waals surface area contributed by atoms with Crippen LogP contribution in [0.2, 0.25) is 0 Å². The van der Waals surface area contributed by atoms with Gasteiger partial charge < -0.3 is 32.5 Å². The van der Waals surface area contributed by atoms with E-state index >= 15 is 0 Å². The number of carbonyl (C=O) groups is 4. The van der Waals surface area contributed by atoms with E-state index in [1.807, 2.05) is 20.8 Å². The third-order valence-corrected chi connectivity index (χ3v) is 6.08. The summed E-state index contributed by atoms with van der Waals surface area (Å²) in [6.07, 6.45) is 2.68. The van der Waals surface area contributed by atoms with Crippen LogP contribution in [0.5, 0.6) is 0 Å². The van der Waals surface area contributed by atoms with Crippen LogP contribution in [0.25, 0.3) is 0 Å². The number of nitrogens with one attached hydrogen (secondary N) is 3. The number of rotatable bonds is 16. The first-order valence-electron chi connectivity index (χ1n) is 11.2. The van der Waals surface area contributed by atoms with Gasteiger partial charge in [-0.15, -0.1) is 0 Å². The molecule has 6 atom stereocenters. The van der Waals surface area contributed by atoms with Crippen LogP contribution in [-0.4, -0.2) is 65.3 Å². The molecule has 0 aliphatic rings. The van der Waals surface area contributed by atoms with Crippen molar-refractivity contribution in [3.63, 3.8) is 0 Å². The van der Waals surface area contributed by atoms with Gasteiger partial charge in [0.25, 0.3) is 0 Å². The number of carbonyl (C=O) groups excluding carboxylic acids is 3. The summed E-state index contributed by atoms with van der Waals surface area (Å²) < 4.78 is 0. The van der Waals surface area contributed by atoms with Crippen LogP contribution in [0.4, 0.5) is 0 Å². The predicted molar refractivity (Wildman–Crippen MR) is 127 cm³/mol. The van der Waals surface area contributed by atoms with Gasteiger partial charge in [-0.3, -0.25) is 14.4 Å². The molecule has 0 rings (SSSR count). The number of amides is 3. The van der Waals surface area contributed by atoms with Crippen LogP contribution in [0, 0.1) is 11.8 Å². The first-order chi connectivity index (χ1) is 15.0. The van der Waals surface area contributed by atoms with Crippen molar-refractivity contribution in [2.75, 3.05) is 12.3 Å². The molecular weight excluding hydrogens is 434 g/mol. The molecule has 0 bridgehead atoms. The number of unbranched alkanes of at least 4 members (excludes halogenated alkanes) is 1. The maximum Gasteiger partial charge on any atom is 0.326 e. The Bertz CT molecular complexity index is 621. The molecule has 0 saturated heterocycles. The fourth-order valence-electron chi connectivity index (χ4n) is 3.01. The highest BCUT2D eigenvalue weighted by molar-refractivity contribution is 7.80. The average Bonchev–Trinajstić information content (AvgIpc) is 2.77. The zero-order chi connectivity index (χ0) is 24.8. The zero-order valence-corrected chi connectivity index (χ0v) is 20.5. The maximum absolute atomic E-state index is 13.0. The highest BCUT2D eigenvalue weighted by Gasteiger charge is 2.33. The summed E-state index contributed by atoms with van der Waals surface area (Å²) in [6, 6.07) is -3.79. The molecule has 0 aliphatic heterocycles. The summed E-state index contributed by atoms with van der Waals surface area (Å²) in [7, 11) is 0. The first kappa shape index (κ1) is 30.1. The van der Waals surface area contributed by atoms with E-state index < -0.39 is 47.9 Å². The molecule has 0 aliphatic carbocycles. The molecule has 32 heavy (non-hydrogen) atoms. The van der Waals surface area contributed by atoms with E-state index in [4.69, 9.17) is 11.5 Å². The standard InChI is InChI=1S/C21H41N5O5S/c1-5-12(3)16(25-18(27)14(23)11-32)20(29)24-15(9-7-8-10-22)19(28)26-17(21(30)31)13(4)6-2/h12-17,32H,5-11,22-23H2,1-4H3,(H,24,29)(H,25,27)(H,26,28)(H,30,31). The number of hydrogen-bond donors (Lipinski definition) is 7. The lowest BCUT2D eigenvalue weighted by molar-refractivity contribution is -0.144. The van der Waals surface area contributed by atoms with Gasteiger partial charge in [-0.05, 0) is 37.6 Å². The number of nitrogens with two attached hydrogens (primary N) is 2. The number of carboxylic acid groups (broad SMARTS) is 1. The summed E-state index contributed by atoms with van der Waals surface area (Å²) >= 11 is 4.01. The molecule has 0 aromatic heterocycles. The highest BCUT2D eigenvalue weighted by atomic mass is 32.1. The van der Waals surface area contributed by atoms with Gasteiger partial charge in [0.1, 0.15) is 18.1 Å². The number of carboxylic acids is 1. The molecule has 0 aromatic rings. The van der Waals surface area contributed by atoms with Gasteiger partial charge in [0.15, 0.2) is 0 Å². The minimum absolute atomic E-state index is 0.122. The summed E-state index contributed by atoms with van der Waals surface area (Å²) in [6.45, 7) is 7.69. The summed E-state index contributed by atoms with van der Waals surface area (Å²) in [5.74, 6) is -3.13. The molecule has 0 radical (unpaired) electrons. The van der Waals surface area contributed by atoms with Gasteiger partial charge in [0.2, 0.25) is 17.7 Å². The minimum Gasteiger partial charge on any atom is -0.480 e. The van der Waals surface area contributed by atoms with E-state index in [-0.39, 0.29) is 17.6 Å². The van der Waals surface area contributed by atoms with Crippen molar-refractivity contribution < 1.29 is 24.3 Å². The van der Waals surface area contributed by atoms with E-state index in [1.54, 1.807) is 6.92 Å². The molecule has 0 saturated carbocycles. The third-order valence-electron chi connectivity index (χ3n) is 5.68. The van der Waals surface area contributed by atoms with Crippen molar-refractivity contribution in [2.24, 2.45) is 23.3 Å². The van der Waals surface area contributed by atoms with E-state index in [9.17, 15) is 24.3 Å². The normalized spacial score (nSPS) is 16.7. The predicted octanol–water partition coefficient (Wildman–Crippen LogP) is 0.00370. The molecule has 186 valence electrons. The van der Waals surface area contributed by atoms with Crippen molar-refractivity contribution in [3.8, 4) is 0 Å². The van der Waals surface area contributed by atoms with Crippen LogP contribution in [-0.2, 0) is 19.2 Å². The van der Waals surface area contributed by atoms with Gasteiger partial charge in [0.05, 0.1) is 6.04 Å². The second kappa shape index (κ2) is 15.9. The van der Waals surface area contributed by atoms with Crippen LogP contribution in [0.1, 0.15) is 59.8 Å². The Balaban J connectivity index is 5.56. The topological polar surface area (TPSA) is 177 Å². The molecule has 10 nitrogen and oxygen atoms in total. The molecular formula is C21H41N5O5S. The molecule has 6 unspecified atom stereocenters. The number of hydrogen-bond acceptors (Lipinski definition) is 7. The molecule has 11 heteroatoms. The molecule has 3 amide bonds. The maximum atomic E-state index is 13.0. The quantitative estimate of drug-likeness (QED) is 0.121. The van der Waals surface area contributed by atoms with Gasteiger partial charge >= 0.3 is 5.97 Å². The van der Waals surface area contributed by atoms with Gasteiger partial charge in [-0.2, -0.15) is 12.6 Å².